The molecule has 0 saturated carbocycles. The van der Waals surface area contributed by atoms with Gasteiger partial charge in [-0.3, -0.25) is 19.7 Å². The van der Waals surface area contributed by atoms with Gasteiger partial charge in [-0.05, 0) is 43.2 Å². The van der Waals surface area contributed by atoms with Gasteiger partial charge in [-0.15, -0.1) is 0 Å². The maximum atomic E-state index is 12.8. The molecule has 2 aromatic rings. The summed E-state index contributed by atoms with van der Waals surface area (Å²) in [6.07, 6.45) is 0.836. The fraction of sp³-hybridized carbons (Fsp3) is 0.300. The quantitative estimate of drug-likeness (QED) is 0.310. The minimum atomic E-state index is -3.78. The zero-order valence-corrected chi connectivity index (χ0v) is 17.5. The van der Waals surface area contributed by atoms with Gasteiger partial charge in [0.05, 0.1) is 9.82 Å². The summed E-state index contributed by atoms with van der Waals surface area (Å²) >= 11 is 0. The molecule has 1 fully saturated rings. The molecule has 0 spiro atoms. The molecule has 1 heterocycles. The summed E-state index contributed by atoms with van der Waals surface area (Å²) in [6, 6.07) is 10.8. The van der Waals surface area contributed by atoms with E-state index in [1.807, 2.05) is 0 Å². The topological polar surface area (TPSA) is 136 Å². The number of nitrogens with one attached hydrogen (secondary N) is 1. The smallest absolute Gasteiger partial charge is 0.308 e. The van der Waals surface area contributed by atoms with Gasteiger partial charge in [0, 0.05) is 43.8 Å². The van der Waals surface area contributed by atoms with Crippen LogP contribution >= 0.6 is 0 Å². The fourth-order valence-electron chi connectivity index (χ4n) is 3.26. The minimum absolute atomic E-state index is 0.0112. The lowest BCUT2D eigenvalue weighted by atomic mass is 10.1. The number of nitro groups is 1. The molecule has 164 valence electrons. The molecular formula is C20H21N3O7S. The lowest BCUT2D eigenvalue weighted by molar-refractivity contribution is -0.384. The molecular weight excluding hydrogens is 426 g/mol. The van der Waals surface area contributed by atoms with Gasteiger partial charge in [-0.25, -0.2) is 8.42 Å². The van der Waals surface area contributed by atoms with Crippen molar-refractivity contribution in [1.29, 1.82) is 0 Å². The third-order valence-electron chi connectivity index (χ3n) is 4.83. The summed E-state index contributed by atoms with van der Waals surface area (Å²) in [6.45, 7) is 1.68. The van der Waals surface area contributed by atoms with Crippen molar-refractivity contribution in [1.82, 2.24) is 9.62 Å². The lowest BCUT2D eigenvalue weighted by Gasteiger charge is -2.31. The highest BCUT2D eigenvalue weighted by Gasteiger charge is 2.30. The van der Waals surface area contributed by atoms with Crippen LogP contribution in [0.2, 0.25) is 0 Å². The first-order valence-corrected chi connectivity index (χ1v) is 10.9. The van der Waals surface area contributed by atoms with Crippen LogP contribution in [-0.4, -0.2) is 48.7 Å². The van der Waals surface area contributed by atoms with Crippen molar-refractivity contribution in [3.8, 4) is 5.75 Å². The van der Waals surface area contributed by atoms with E-state index in [0.717, 1.165) is 12.1 Å². The Kier molecular flexibility index (Phi) is 6.66. The third-order valence-corrected chi connectivity index (χ3v) is 6.75. The Bertz CT molecular complexity index is 1090. The van der Waals surface area contributed by atoms with E-state index < -0.39 is 20.9 Å². The number of esters is 1. The van der Waals surface area contributed by atoms with E-state index >= 15 is 0 Å². The first kappa shape index (κ1) is 22.4. The Morgan fingerprint density at radius 1 is 1.13 bits per heavy atom. The van der Waals surface area contributed by atoms with Gasteiger partial charge in [0.25, 0.3) is 11.6 Å². The molecule has 1 aliphatic rings. The van der Waals surface area contributed by atoms with Crippen LogP contribution in [0.3, 0.4) is 0 Å². The molecule has 1 amide bonds. The summed E-state index contributed by atoms with van der Waals surface area (Å²) in [5.74, 6) is -0.561. The van der Waals surface area contributed by atoms with E-state index in [9.17, 15) is 28.1 Å². The molecule has 0 radical (unpaired) electrons. The van der Waals surface area contributed by atoms with Crippen molar-refractivity contribution in [3.05, 3.63) is 64.2 Å². The van der Waals surface area contributed by atoms with Crippen molar-refractivity contribution < 1.29 is 27.7 Å². The number of carbonyl (C=O) groups excluding carboxylic acids is 2. The summed E-state index contributed by atoms with van der Waals surface area (Å²) in [5.41, 5.74) is 0.151. The number of benzene rings is 2. The number of nitro benzene ring substituents is 1. The summed E-state index contributed by atoms with van der Waals surface area (Å²) in [4.78, 5) is 33.7. The molecule has 10 nitrogen and oxygen atoms in total. The number of piperidine rings is 1. The van der Waals surface area contributed by atoms with Crippen molar-refractivity contribution in [3.63, 3.8) is 0 Å². The SMILES string of the molecule is CC(=O)Oc1cccc(C(=O)NC2CCN(S(=O)(=O)c3ccc([N+](=O)[O-])cc3)CC2)c1. The van der Waals surface area contributed by atoms with Gasteiger partial charge in [0.1, 0.15) is 5.75 Å². The van der Waals surface area contributed by atoms with Gasteiger partial charge in [-0.2, -0.15) is 4.31 Å². The highest BCUT2D eigenvalue weighted by atomic mass is 32.2. The van der Waals surface area contributed by atoms with E-state index in [0.29, 0.717) is 18.4 Å². The van der Waals surface area contributed by atoms with Crippen LogP contribution in [0, 0.1) is 10.1 Å². The lowest BCUT2D eigenvalue weighted by Crippen LogP contribution is -2.46. The Balaban J connectivity index is 1.59. The van der Waals surface area contributed by atoms with E-state index in [1.54, 1.807) is 18.2 Å². The van der Waals surface area contributed by atoms with E-state index in [-0.39, 0.29) is 41.4 Å². The third kappa shape index (κ3) is 5.44. The second-order valence-electron chi connectivity index (χ2n) is 7.02. The van der Waals surface area contributed by atoms with Crippen LogP contribution in [0.15, 0.2) is 53.4 Å². The second-order valence-corrected chi connectivity index (χ2v) is 8.96. The molecule has 0 aliphatic carbocycles. The standard InChI is InChI=1S/C20H21N3O7S/c1-14(24)30-18-4-2-3-15(13-18)20(25)21-16-9-11-22(12-10-16)31(28,29)19-7-5-17(6-8-19)23(26)27/h2-8,13,16H,9-12H2,1H3,(H,21,25). The minimum Gasteiger partial charge on any atom is -0.427 e. The highest BCUT2D eigenvalue weighted by Crippen LogP contribution is 2.23. The number of rotatable bonds is 6. The van der Waals surface area contributed by atoms with Crippen molar-refractivity contribution >= 4 is 27.6 Å². The van der Waals surface area contributed by atoms with Crippen molar-refractivity contribution in [2.45, 2.75) is 30.7 Å². The second kappa shape index (κ2) is 9.23. The maximum Gasteiger partial charge on any atom is 0.308 e. The predicted octanol–water partition coefficient (Wildman–Crippen LogP) is 2.10. The Morgan fingerprint density at radius 2 is 1.77 bits per heavy atom. The number of ether oxygens (including phenoxy) is 1. The average molecular weight is 447 g/mol. The molecule has 1 aliphatic heterocycles. The number of carbonyl (C=O) groups is 2. The Hall–Kier alpha value is -3.31. The Labute approximate surface area is 179 Å². The van der Waals surface area contributed by atoms with Gasteiger partial charge in [0.15, 0.2) is 0 Å². The maximum absolute atomic E-state index is 12.8. The van der Waals surface area contributed by atoms with Crippen LogP contribution in [0.5, 0.6) is 5.75 Å². The largest absolute Gasteiger partial charge is 0.427 e. The van der Waals surface area contributed by atoms with Crippen LogP contribution in [-0.2, 0) is 14.8 Å². The van der Waals surface area contributed by atoms with Crippen LogP contribution in [0.25, 0.3) is 0 Å². The first-order chi connectivity index (χ1) is 14.7. The average Bonchev–Trinajstić information content (AvgIpc) is 2.74. The number of amides is 1. The fourth-order valence-corrected chi connectivity index (χ4v) is 4.73. The zero-order chi connectivity index (χ0) is 22.6. The normalized spacial score (nSPS) is 15.3. The summed E-state index contributed by atoms with van der Waals surface area (Å²) in [5, 5.41) is 13.6. The molecule has 0 bridgehead atoms. The molecule has 2 aromatic carbocycles. The molecule has 1 N–H and O–H groups in total. The van der Waals surface area contributed by atoms with Gasteiger partial charge < -0.3 is 10.1 Å². The molecule has 11 heteroatoms. The predicted molar refractivity (Wildman–Crippen MR) is 110 cm³/mol. The molecule has 0 aromatic heterocycles. The summed E-state index contributed by atoms with van der Waals surface area (Å²) in [7, 11) is -3.78. The van der Waals surface area contributed by atoms with E-state index in [1.165, 1.54) is 29.4 Å². The number of nitrogens with zero attached hydrogens (tertiary/aromatic N) is 2. The number of non-ortho nitro benzene ring substituents is 1. The van der Waals surface area contributed by atoms with Crippen molar-refractivity contribution in [2.24, 2.45) is 0 Å². The molecule has 0 unspecified atom stereocenters. The van der Waals surface area contributed by atoms with E-state index in [4.69, 9.17) is 4.74 Å². The number of hydrogen-bond donors (Lipinski definition) is 1. The number of sulfonamides is 1. The van der Waals surface area contributed by atoms with E-state index in [2.05, 4.69) is 5.32 Å². The van der Waals surface area contributed by atoms with Crippen LogP contribution < -0.4 is 10.1 Å². The van der Waals surface area contributed by atoms with Crippen LogP contribution in [0.1, 0.15) is 30.1 Å². The Morgan fingerprint density at radius 3 is 2.35 bits per heavy atom. The summed E-state index contributed by atoms with van der Waals surface area (Å²) < 4.78 is 31.8. The number of hydrogen-bond acceptors (Lipinski definition) is 7. The molecule has 3 rings (SSSR count). The molecule has 1 saturated heterocycles. The van der Waals surface area contributed by atoms with Crippen molar-refractivity contribution in [2.75, 3.05) is 13.1 Å². The van der Waals surface area contributed by atoms with Gasteiger partial charge in [0.2, 0.25) is 10.0 Å². The zero-order valence-electron chi connectivity index (χ0n) is 16.7. The molecule has 31 heavy (non-hydrogen) atoms. The monoisotopic (exact) mass is 447 g/mol. The van der Waals surface area contributed by atoms with Gasteiger partial charge >= 0.3 is 5.97 Å². The van der Waals surface area contributed by atoms with Crippen LogP contribution in [0.4, 0.5) is 5.69 Å². The van der Waals surface area contributed by atoms with Gasteiger partial charge in [-0.1, -0.05) is 6.07 Å². The molecule has 0 atom stereocenters. The first-order valence-electron chi connectivity index (χ1n) is 9.51. The highest BCUT2D eigenvalue weighted by molar-refractivity contribution is 7.89.